The first kappa shape index (κ1) is 20.5. The predicted molar refractivity (Wildman–Crippen MR) is 120 cm³/mol. The lowest BCUT2D eigenvalue weighted by Gasteiger charge is -2.16. The van der Waals surface area contributed by atoms with E-state index in [2.05, 4.69) is 9.97 Å². The number of hydrogen-bond acceptors (Lipinski definition) is 6. The molecule has 7 heteroatoms. The molecule has 0 saturated heterocycles. The van der Waals surface area contributed by atoms with E-state index < -0.39 is 5.92 Å². The molecule has 1 unspecified atom stereocenters. The molecule has 158 valence electrons. The molecule has 2 aromatic heterocycles. The van der Waals surface area contributed by atoms with Crippen LogP contribution in [0.4, 0.5) is 5.95 Å². The molecule has 2 N–H and O–H groups in total. The fourth-order valence-corrected chi connectivity index (χ4v) is 3.82. The average molecular weight is 416 g/mol. The number of fused-ring (bicyclic) bond motifs is 2. The molecule has 1 atom stereocenters. The third kappa shape index (κ3) is 3.99. The molecule has 0 fully saturated rings. The highest BCUT2D eigenvalue weighted by Crippen LogP contribution is 2.28. The van der Waals surface area contributed by atoms with Gasteiger partial charge >= 0.3 is 5.97 Å². The summed E-state index contributed by atoms with van der Waals surface area (Å²) in [6, 6.07) is 13.1. The number of aromatic nitrogens is 3. The van der Waals surface area contributed by atoms with E-state index in [1.54, 1.807) is 25.4 Å². The Kier molecular flexibility index (Phi) is 5.66. The van der Waals surface area contributed by atoms with Crippen molar-refractivity contribution in [3.63, 3.8) is 0 Å². The second kappa shape index (κ2) is 8.55. The Morgan fingerprint density at radius 3 is 2.42 bits per heavy atom. The second-order valence-electron chi connectivity index (χ2n) is 7.40. The number of nitrogens with zero attached hydrogens (tertiary/aromatic N) is 3. The zero-order valence-corrected chi connectivity index (χ0v) is 17.5. The van der Waals surface area contributed by atoms with Crippen LogP contribution in [0, 0.1) is 0 Å². The third-order valence-electron chi connectivity index (χ3n) is 5.28. The van der Waals surface area contributed by atoms with Crippen LogP contribution in [0.1, 0.15) is 48.7 Å². The van der Waals surface area contributed by atoms with Gasteiger partial charge in [0.15, 0.2) is 0 Å². The molecule has 7 nitrogen and oxygen atoms in total. The molecule has 0 aliphatic rings. The number of carbonyl (C=O) groups excluding carboxylic acids is 2. The lowest BCUT2D eigenvalue weighted by Crippen LogP contribution is -2.17. The number of nitrogen functional groups attached to an aromatic ring is 1. The number of rotatable bonds is 6. The van der Waals surface area contributed by atoms with Gasteiger partial charge in [0.05, 0.1) is 18.0 Å². The van der Waals surface area contributed by atoms with Gasteiger partial charge in [0, 0.05) is 17.8 Å². The molecule has 2 aromatic carbocycles. The number of ether oxygens (including phenoxy) is 1. The highest BCUT2D eigenvalue weighted by atomic mass is 16.5. The van der Waals surface area contributed by atoms with Crippen LogP contribution >= 0.6 is 0 Å². The van der Waals surface area contributed by atoms with Crippen molar-refractivity contribution in [2.24, 2.45) is 0 Å². The van der Waals surface area contributed by atoms with Crippen molar-refractivity contribution in [1.82, 2.24) is 14.5 Å². The van der Waals surface area contributed by atoms with Crippen LogP contribution < -0.4 is 5.73 Å². The molecule has 0 radical (unpaired) electrons. The number of benzene rings is 2. The van der Waals surface area contributed by atoms with Crippen molar-refractivity contribution in [3.8, 4) is 0 Å². The second-order valence-corrected chi connectivity index (χ2v) is 7.40. The van der Waals surface area contributed by atoms with Gasteiger partial charge in [-0.2, -0.15) is 0 Å². The van der Waals surface area contributed by atoms with Crippen molar-refractivity contribution >= 4 is 39.5 Å². The van der Waals surface area contributed by atoms with Crippen LogP contribution in [0.2, 0.25) is 0 Å². The Bertz CT molecular complexity index is 1250. The standard InChI is InChI=1S/C24H24N4O3/c1-3-7-18(23(30)31-4-2)15-10-11-20-19(12-15)21(27-24(25)26-20)22(29)28-13-16-8-5-6-9-17(16)14-28/h5-6,8-14,18H,3-4,7H2,1-2H3,(H2,25,26,27). The molecule has 0 aliphatic carbocycles. The van der Waals surface area contributed by atoms with Crippen molar-refractivity contribution in [2.75, 3.05) is 12.3 Å². The van der Waals surface area contributed by atoms with E-state index in [0.29, 0.717) is 23.9 Å². The van der Waals surface area contributed by atoms with E-state index >= 15 is 0 Å². The van der Waals surface area contributed by atoms with Gasteiger partial charge in [-0.05, 0) is 41.8 Å². The van der Waals surface area contributed by atoms with E-state index in [9.17, 15) is 9.59 Å². The van der Waals surface area contributed by atoms with E-state index in [-0.39, 0.29) is 23.5 Å². The van der Waals surface area contributed by atoms with Crippen LogP contribution in [-0.2, 0) is 9.53 Å². The van der Waals surface area contributed by atoms with Crippen LogP contribution in [0.5, 0.6) is 0 Å². The summed E-state index contributed by atoms with van der Waals surface area (Å²) in [5.74, 6) is -0.972. The molecule has 0 aliphatic heterocycles. The summed E-state index contributed by atoms with van der Waals surface area (Å²) in [5.41, 5.74) is 7.41. The summed E-state index contributed by atoms with van der Waals surface area (Å²) in [4.78, 5) is 34.4. The summed E-state index contributed by atoms with van der Waals surface area (Å²) in [6.45, 7) is 4.12. The van der Waals surface area contributed by atoms with Crippen LogP contribution in [0.3, 0.4) is 0 Å². The molecular formula is C24H24N4O3. The number of carbonyl (C=O) groups is 2. The quantitative estimate of drug-likeness (QED) is 0.470. The summed E-state index contributed by atoms with van der Waals surface area (Å²) in [7, 11) is 0. The molecule has 0 saturated carbocycles. The Morgan fingerprint density at radius 1 is 1.06 bits per heavy atom. The van der Waals surface area contributed by atoms with Crippen molar-refractivity contribution < 1.29 is 14.3 Å². The van der Waals surface area contributed by atoms with Crippen molar-refractivity contribution in [2.45, 2.75) is 32.6 Å². The van der Waals surface area contributed by atoms with Gasteiger partial charge < -0.3 is 10.5 Å². The molecular weight excluding hydrogens is 392 g/mol. The highest BCUT2D eigenvalue weighted by molar-refractivity contribution is 6.07. The van der Waals surface area contributed by atoms with Gasteiger partial charge in [-0.15, -0.1) is 0 Å². The van der Waals surface area contributed by atoms with Crippen LogP contribution in [0.15, 0.2) is 54.9 Å². The zero-order valence-electron chi connectivity index (χ0n) is 17.5. The van der Waals surface area contributed by atoms with E-state index in [1.807, 2.05) is 43.3 Å². The van der Waals surface area contributed by atoms with E-state index in [1.165, 1.54) is 4.57 Å². The van der Waals surface area contributed by atoms with Gasteiger partial charge in [-0.3, -0.25) is 14.2 Å². The fourth-order valence-electron chi connectivity index (χ4n) is 3.82. The molecule has 4 aromatic rings. The lowest BCUT2D eigenvalue weighted by molar-refractivity contribution is -0.145. The van der Waals surface area contributed by atoms with Crippen LogP contribution in [0.25, 0.3) is 21.7 Å². The Hall–Kier alpha value is -3.74. The lowest BCUT2D eigenvalue weighted by atomic mass is 9.93. The van der Waals surface area contributed by atoms with Gasteiger partial charge in [0.25, 0.3) is 5.91 Å². The number of esters is 1. The fraction of sp³-hybridized carbons (Fsp3) is 0.250. The summed E-state index contributed by atoms with van der Waals surface area (Å²) in [5, 5.41) is 2.46. The van der Waals surface area contributed by atoms with Gasteiger partial charge in [-0.25, -0.2) is 9.97 Å². The molecule has 4 rings (SSSR count). The molecule has 31 heavy (non-hydrogen) atoms. The molecule has 0 spiro atoms. The van der Waals surface area contributed by atoms with Crippen molar-refractivity contribution in [1.29, 1.82) is 0 Å². The maximum atomic E-state index is 13.4. The minimum absolute atomic E-state index is 0.0239. The Balaban J connectivity index is 1.83. The maximum Gasteiger partial charge on any atom is 0.313 e. The smallest absolute Gasteiger partial charge is 0.313 e. The molecule has 0 bridgehead atoms. The summed E-state index contributed by atoms with van der Waals surface area (Å²) in [6.07, 6.45) is 5.00. The minimum Gasteiger partial charge on any atom is -0.466 e. The Morgan fingerprint density at radius 2 is 1.77 bits per heavy atom. The van der Waals surface area contributed by atoms with Gasteiger partial charge in [0.1, 0.15) is 5.69 Å². The normalized spacial score (nSPS) is 12.2. The number of hydrogen-bond donors (Lipinski definition) is 1. The topological polar surface area (TPSA) is 100 Å². The summed E-state index contributed by atoms with van der Waals surface area (Å²) >= 11 is 0. The maximum absolute atomic E-state index is 13.4. The number of anilines is 1. The molecule has 0 amide bonds. The largest absolute Gasteiger partial charge is 0.466 e. The predicted octanol–water partition coefficient (Wildman–Crippen LogP) is 4.30. The van der Waals surface area contributed by atoms with Crippen molar-refractivity contribution in [3.05, 3.63) is 66.1 Å². The van der Waals surface area contributed by atoms with Crippen LogP contribution in [-0.4, -0.2) is 33.0 Å². The Labute approximate surface area is 179 Å². The SMILES string of the molecule is CCCC(C(=O)OCC)c1ccc2nc(N)nc(C(=O)n3cc4ccccc4c3)c2c1. The van der Waals surface area contributed by atoms with E-state index in [4.69, 9.17) is 10.5 Å². The first-order valence-corrected chi connectivity index (χ1v) is 10.4. The number of nitrogens with two attached hydrogens (primary N) is 1. The molecule has 2 heterocycles. The van der Waals surface area contributed by atoms with Gasteiger partial charge in [0.2, 0.25) is 5.95 Å². The first-order valence-electron chi connectivity index (χ1n) is 10.4. The minimum atomic E-state index is -0.413. The van der Waals surface area contributed by atoms with E-state index in [0.717, 1.165) is 22.8 Å². The zero-order chi connectivity index (χ0) is 22.0. The highest BCUT2D eigenvalue weighted by Gasteiger charge is 2.23. The first-order chi connectivity index (χ1) is 15.0. The van der Waals surface area contributed by atoms with Gasteiger partial charge in [-0.1, -0.05) is 43.7 Å². The monoisotopic (exact) mass is 416 g/mol. The summed E-state index contributed by atoms with van der Waals surface area (Å²) < 4.78 is 6.77. The third-order valence-corrected chi connectivity index (χ3v) is 5.28. The average Bonchev–Trinajstić information content (AvgIpc) is 3.20.